The number of ether oxygens (including phenoxy) is 1. The second-order valence-electron chi connectivity index (χ2n) is 8.14. The Morgan fingerprint density at radius 1 is 1.27 bits per heavy atom. The minimum absolute atomic E-state index is 0.180. The highest BCUT2D eigenvalue weighted by molar-refractivity contribution is 6.05. The lowest BCUT2D eigenvalue weighted by molar-refractivity contribution is 0.0502. The largest absolute Gasteiger partial charge is 0.444 e. The number of nitrogens with zero attached hydrogens (tertiary/aromatic N) is 1. The standard InChI is InChI=1S/C19H26N4O3/c1-18(2,3)26-17(25)20-11-19(4,13-8-9-13)22-16(24)14-7-5-6-12-10-21-23-15(12)14/h5-7,10,13H,8-9,11H2,1-4H3,(H,20,25)(H,21,23)(H,22,24)/t19-/m1/s1. The summed E-state index contributed by atoms with van der Waals surface area (Å²) in [5.41, 5.74) is 0.169. The molecule has 1 fully saturated rings. The lowest BCUT2D eigenvalue weighted by Gasteiger charge is -2.32. The first-order valence-corrected chi connectivity index (χ1v) is 8.89. The molecule has 3 rings (SSSR count). The van der Waals surface area contributed by atoms with Crippen molar-refractivity contribution in [2.24, 2.45) is 5.92 Å². The third-order valence-corrected chi connectivity index (χ3v) is 4.60. The molecule has 0 spiro atoms. The maximum atomic E-state index is 12.9. The molecular weight excluding hydrogens is 332 g/mol. The molecule has 0 saturated heterocycles. The summed E-state index contributed by atoms with van der Waals surface area (Å²) in [6.07, 6.45) is 3.27. The van der Waals surface area contributed by atoms with Gasteiger partial charge < -0.3 is 15.4 Å². The molecule has 26 heavy (non-hydrogen) atoms. The smallest absolute Gasteiger partial charge is 0.407 e. The lowest BCUT2D eigenvalue weighted by Crippen LogP contribution is -2.55. The van der Waals surface area contributed by atoms with Crippen LogP contribution in [0, 0.1) is 5.92 Å². The minimum Gasteiger partial charge on any atom is -0.444 e. The van der Waals surface area contributed by atoms with E-state index in [-0.39, 0.29) is 5.91 Å². The molecule has 1 atom stereocenters. The van der Waals surface area contributed by atoms with Crippen molar-refractivity contribution in [3.05, 3.63) is 30.0 Å². The summed E-state index contributed by atoms with van der Waals surface area (Å²) in [6.45, 7) is 7.74. The minimum atomic E-state index is -0.556. The van der Waals surface area contributed by atoms with E-state index in [1.165, 1.54) is 0 Å². The van der Waals surface area contributed by atoms with Crippen LogP contribution in [0.25, 0.3) is 10.9 Å². The Hall–Kier alpha value is -2.57. The Morgan fingerprint density at radius 2 is 2.00 bits per heavy atom. The Morgan fingerprint density at radius 3 is 2.65 bits per heavy atom. The maximum Gasteiger partial charge on any atom is 0.407 e. The molecule has 7 nitrogen and oxygen atoms in total. The van der Waals surface area contributed by atoms with Crippen LogP contribution in [-0.4, -0.2) is 39.9 Å². The van der Waals surface area contributed by atoms with Gasteiger partial charge in [0.15, 0.2) is 0 Å². The van der Waals surface area contributed by atoms with Gasteiger partial charge in [-0.2, -0.15) is 5.10 Å². The van der Waals surface area contributed by atoms with E-state index in [9.17, 15) is 9.59 Å². The summed E-state index contributed by atoms with van der Waals surface area (Å²) in [7, 11) is 0. The molecule has 1 saturated carbocycles. The number of carbonyl (C=O) groups excluding carboxylic acids is 2. The number of aromatic nitrogens is 2. The number of benzene rings is 1. The van der Waals surface area contributed by atoms with Gasteiger partial charge in [0.25, 0.3) is 5.91 Å². The van der Waals surface area contributed by atoms with Crippen molar-refractivity contribution in [3.63, 3.8) is 0 Å². The second-order valence-corrected chi connectivity index (χ2v) is 8.14. The summed E-state index contributed by atoms with van der Waals surface area (Å²) in [4.78, 5) is 24.9. The van der Waals surface area contributed by atoms with E-state index in [2.05, 4.69) is 20.8 Å². The third kappa shape index (κ3) is 4.15. The van der Waals surface area contributed by atoms with E-state index in [0.717, 1.165) is 18.2 Å². The lowest BCUT2D eigenvalue weighted by atomic mass is 9.94. The highest BCUT2D eigenvalue weighted by Crippen LogP contribution is 2.39. The first-order valence-electron chi connectivity index (χ1n) is 8.89. The van der Waals surface area contributed by atoms with Crippen molar-refractivity contribution in [1.82, 2.24) is 20.8 Å². The first kappa shape index (κ1) is 18.2. The van der Waals surface area contributed by atoms with E-state index in [4.69, 9.17) is 4.74 Å². The van der Waals surface area contributed by atoms with Crippen LogP contribution in [0.1, 0.15) is 50.9 Å². The number of rotatable bonds is 5. The van der Waals surface area contributed by atoms with Gasteiger partial charge in [0.2, 0.25) is 0 Å². The number of fused-ring (bicyclic) bond motifs is 1. The topological polar surface area (TPSA) is 96.1 Å². The van der Waals surface area contributed by atoms with Gasteiger partial charge in [-0.1, -0.05) is 12.1 Å². The van der Waals surface area contributed by atoms with Crippen molar-refractivity contribution in [3.8, 4) is 0 Å². The van der Waals surface area contributed by atoms with Crippen LogP contribution in [0.4, 0.5) is 4.79 Å². The van der Waals surface area contributed by atoms with Crippen molar-refractivity contribution in [2.75, 3.05) is 6.54 Å². The molecule has 1 aliphatic rings. The van der Waals surface area contributed by atoms with Gasteiger partial charge in [-0.05, 0) is 52.5 Å². The van der Waals surface area contributed by atoms with Gasteiger partial charge >= 0.3 is 6.09 Å². The number of hydrogen-bond donors (Lipinski definition) is 3. The molecule has 0 aliphatic heterocycles. The van der Waals surface area contributed by atoms with E-state index in [1.54, 1.807) is 12.3 Å². The van der Waals surface area contributed by atoms with Gasteiger partial charge in [-0.15, -0.1) is 0 Å². The Balaban J connectivity index is 1.71. The van der Waals surface area contributed by atoms with Gasteiger partial charge in [0.1, 0.15) is 5.60 Å². The van der Waals surface area contributed by atoms with Crippen molar-refractivity contribution in [1.29, 1.82) is 0 Å². The number of hydrogen-bond acceptors (Lipinski definition) is 4. The zero-order valence-electron chi connectivity index (χ0n) is 15.7. The number of alkyl carbamates (subject to hydrolysis) is 1. The van der Waals surface area contributed by atoms with Crippen LogP contribution in [0.5, 0.6) is 0 Å². The molecule has 1 aromatic heterocycles. The fraction of sp³-hybridized carbons (Fsp3) is 0.526. The summed E-state index contributed by atoms with van der Waals surface area (Å²) in [5.74, 6) is 0.155. The SMILES string of the molecule is CC(C)(C)OC(=O)NC[C@@](C)(NC(=O)c1cccc2cn[nH]c12)C1CC1. The molecule has 140 valence electrons. The van der Waals surface area contributed by atoms with Crippen molar-refractivity contribution in [2.45, 2.75) is 51.7 Å². The normalized spacial score (nSPS) is 16.8. The summed E-state index contributed by atoms with van der Waals surface area (Å²) in [5, 5.41) is 13.7. The van der Waals surface area contributed by atoms with E-state index >= 15 is 0 Å². The highest BCUT2D eigenvalue weighted by atomic mass is 16.6. The van der Waals surface area contributed by atoms with Crippen molar-refractivity contribution >= 4 is 22.9 Å². The van der Waals surface area contributed by atoms with Crippen LogP contribution in [-0.2, 0) is 4.74 Å². The van der Waals surface area contributed by atoms with E-state index in [0.29, 0.717) is 23.5 Å². The molecule has 2 aromatic rings. The van der Waals surface area contributed by atoms with E-state index < -0.39 is 17.2 Å². The predicted molar refractivity (Wildman–Crippen MR) is 98.9 cm³/mol. The molecule has 1 heterocycles. The van der Waals surface area contributed by atoms with Gasteiger partial charge in [-0.25, -0.2) is 4.79 Å². The summed E-state index contributed by atoms with van der Waals surface area (Å²) in [6, 6.07) is 5.50. The average Bonchev–Trinajstić information content (AvgIpc) is 3.29. The van der Waals surface area contributed by atoms with E-state index in [1.807, 2.05) is 39.8 Å². The van der Waals surface area contributed by atoms with Gasteiger partial charge in [0.05, 0.1) is 22.8 Å². The van der Waals surface area contributed by atoms with Crippen molar-refractivity contribution < 1.29 is 14.3 Å². The quantitative estimate of drug-likeness (QED) is 0.765. The molecule has 0 radical (unpaired) electrons. The number of amides is 2. The zero-order chi connectivity index (χ0) is 18.9. The average molecular weight is 358 g/mol. The zero-order valence-corrected chi connectivity index (χ0v) is 15.7. The highest BCUT2D eigenvalue weighted by Gasteiger charge is 2.43. The summed E-state index contributed by atoms with van der Waals surface area (Å²) >= 11 is 0. The fourth-order valence-corrected chi connectivity index (χ4v) is 3.07. The molecule has 0 unspecified atom stereocenters. The Labute approximate surface area is 152 Å². The fourth-order valence-electron chi connectivity index (χ4n) is 3.07. The number of para-hydroxylation sites is 1. The molecule has 2 amide bonds. The molecule has 7 heteroatoms. The van der Waals surface area contributed by atoms with Crippen LogP contribution in [0.3, 0.4) is 0 Å². The maximum absolute atomic E-state index is 12.9. The van der Waals surface area contributed by atoms with Crippen LogP contribution in [0.2, 0.25) is 0 Å². The number of aromatic amines is 1. The van der Waals surface area contributed by atoms with Gasteiger partial charge in [0, 0.05) is 11.9 Å². The molecule has 1 aliphatic carbocycles. The van der Waals surface area contributed by atoms with Crippen LogP contribution in [0.15, 0.2) is 24.4 Å². The first-order chi connectivity index (χ1) is 12.2. The number of carbonyl (C=O) groups is 2. The predicted octanol–water partition coefficient (Wildman–Crippen LogP) is 2.99. The van der Waals surface area contributed by atoms with Crippen LogP contribution < -0.4 is 10.6 Å². The molecule has 1 aromatic carbocycles. The Kier molecular flexibility index (Phi) is 4.64. The monoisotopic (exact) mass is 358 g/mol. The summed E-state index contributed by atoms with van der Waals surface area (Å²) < 4.78 is 5.29. The van der Waals surface area contributed by atoms with Gasteiger partial charge in [-0.3, -0.25) is 9.89 Å². The molecule has 3 N–H and O–H groups in total. The number of nitrogens with one attached hydrogen (secondary N) is 3. The Bertz CT molecular complexity index is 820. The number of H-pyrrole nitrogens is 1. The molecular formula is C19H26N4O3. The second kappa shape index (κ2) is 6.63. The van der Waals surface area contributed by atoms with Crippen LogP contribution >= 0.6 is 0 Å². The molecule has 0 bridgehead atoms. The third-order valence-electron chi connectivity index (χ3n) is 4.60.